The van der Waals surface area contributed by atoms with Gasteiger partial charge in [0.05, 0.1) is 23.7 Å². The molecule has 0 radical (unpaired) electrons. The summed E-state index contributed by atoms with van der Waals surface area (Å²) in [6.45, 7) is 1.51. The highest BCUT2D eigenvalue weighted by Crippen LogP contribution is 2.39. The molecule has 0 saturated carbocycles. The van der Waals surface area contributed by atoms with Crippen LogP contribution in [0.5, 0.6) is 5.75 Å². The van der Waals surface area contributed by atoms with Crippen molar-refractivity contribution in [3.8, 4) is 10.8 Å². The van der Waals surface area contributed by atoms with Crippen molar-refractivity contribution in [1.29, 1.82) is 0 Å². The predicted octanol–water partition coefficient (Wildman–Crippen LogP) is 6.79. The Labute approximate surface area is 193 Å². The lowest BCUT2D eigenvalue weighted by molar-refractivity contribution is -0.139. The van der Waals surface area contributed by atoms with Crippen LogP contribution in [-0.2, 0) is 10.9 Å². The van der Waals surface area contributed by atoms with E-state index < -0.39 is 23.8 Å². The fourth-order valence-corrected chi connectivity index (χ4v) is 4.67. The van der Waals surface area contributed by atoms with Crippen molar-refractivity contribution in [2.75, 3.05) is 7.11 Å². The van der Waals surface area contributed by atoms with Crippen LogP contribution in [-0.4, -0.2) is 22.6 Å². The number of hydrogen-bond acceptors (Lipinski definition) is 5. The minimum atomic E-state index is -4.52. The molecule has 0 saturated heterocycles. The number of esters is 1. The molecule has 0 amide bonds. The van der Waals surface area contributed by atoms with Crippen LogP contribution in [0.1, 0.15) is 33.8 Å². The van der Waals surface area contributed by atoms with Crippen LogP contribution in [0.2, 0.25) is 0 Å². The number of methoxy groups -OCH3 is 1. The number of carbonyl (C=O) groups is 1. The summed E-state index contributed by atoms with van der Waals surface area (Å²) in [5.41, 5.74) is 0.727. The molecule has 0 aliphatic heterocycles. The van der Waals surface area contributed by atoms with Gasteiger partial charge in [0, 0.05) is 16.1 Å². The zero-order valence-corrected chi connectivity index (χ0v) is 19.2. The van der Waals surface area contributed by atoms with Crippen LogP contribution in [0.3, 0.4) is 0 Å². The van der Waals surface area contributed by atoms with E-state index in [1.807, 2.05) is 18.2 Å². The van der Waals surface area contributed by atoms with Gasteiger partial charge in [-0.05, 0) is 31.2 Å². The molecule has 32 heavy (non-hydrogen) atoms. The van der Waals surface area contributed by atoms with Gasteiger partial charge in [0.1, 0.15) is 23.2 Å². The molecular weight excluding hydrogens is 509 g/mol. The lowest BCUT2D eigenvalue weighted by Crippen LogP contribution is -2.14. The molecule has 0 aliphatic rings. The van der Waals surface area contributed by atoms with Crippen LogP contribution >= 0.6 is 27.3 Å². The average molecular weight is 525 g/mol. The average Bonchev–Trinajstić information content (AvgIpc) is 3.36. The zero-order chi connectivity index (χ0) is 23.0. The van der Waals surface area contributed by atoms with Gasteiger partial charge in [0.25, 0.3) is 0 Å². The second-order valence-electron chi connectivity index (χ2n) is 6.86. The molecule has 0 N–H and O–H groups in total. The van der Waals surface area contributed by atoms with E-state index >= 15 is 0 Å². The smallest absolute Gasteiger partial charge is 0.416 e. The Morgan fingerprint density at radius 2 is 1.94 bits per heavy atom. The van der Waals surface area contributed by atoms with Crippen molar-refractivity contribution in [1.82, 2.24) is 9.55 Å². The minimum Gasteiger partial charge on any atom is -0.484 e. The monoisotopic (exact) mass is 524 g/mol. The minimum absolute atomic E-state index is 0.0264. The molecular formula is C22H16BrF3N2O3S. The van der Waals surface area contributed by atoms with E-state index in [1.165, 1.54) is 32.2 Å². The third-order valence-corrected chi connectivity index (χ3v) is 6.40. The molecule has 5 nitrogen and oxygen atoms in total. The maximum Gasteiger partial charge on any atom is 0.416 e. The van der Waals surface area contributed by atoms with Crippen LogP contribution in [0.15, 0.2) is 59.3 Å². The van der Waals surface area contributed by atoms with Gasteiger partial charge in [-0.15, -0.1) is 11.3 Å². The summed E-state index contributed by atoms with van der Waals surface area (Å²) in [5.74, 6) is -0.500. The van der Waals surface area contributed by atoms with Gasteiger partial charge in [-0.2, -0.15) is 13.2 Å². The number of hydrogen-bond donors (Lipinski definition) is 0. The van der Waals surface area contributed by atoms with Gasteiger partial charge in [-0.25, -0.2) is 9.78 Å². The molecule has 1 atom stereocenters. The number of nitrogens with zero attached hydrogens (tertiary/aromatic N) is 2. The van der Waals surface area contributed by atoms with Gasteiger partial charge >= 0.3 is 12.1 Å². The Bertz CT molecular complexity index is 1300. The first-order valence-electron chi connectivity index (χ1n) is 9.37. The third kappa shape index (κ3) is 4.24. The fraction of sp³-hybridized carbons (Fsp3) is 0.182. The Morgan fingerprint density at radius 1 is 1.19 bits per heavy atom. The first-order chi connectivity index (χ1) is 15.2. The molecule has 2 aromatic heterocycles. The number of fused-ring (bicyclic) bond motifs is 1. The van der Waals surface area contributed by atoms with E-state index in [9.17, 15) is 18.0 Å². The quantitative estimate of drug-likeness (QED) is 0.269. The van der Waals surface area contributed by atoms with Crippen LogP contribution in [0.4, 0.5) is 13.2 Å². The number of halogens is 4. The summed E-state index contributed by atoms with van der Waals surface area (Å²) >= 11 is 4.51. The summed E-state index contributed by atoms with van der Waals surface area (Å²) in [7, 11) is 1.23. The number of benzene rings is 2. The second-order valence-corrected chi connectivity index (χ2v) is 8.81. The number of ether oxygens (including phenoxy) is 2. The highest BCUT2D eigenvalue weighted by molar-refractivity contribution is 9.10. The lowest BCUT2D eigenvalue weighted by Gasteiger charge is -2.19. The van der Waals surface area contributed by atoms with Crippen LogP contribution in [0.25, 0.3) is 16.0 Å². The lowest BCUT2D eigenvalue weighted by atomic mass is 10.0. The molecule has 0 fully saturated rings. The summed E-state index contributed by atoms with van der Waals surface area (Å²) in [5, 5.41) is 0.613. The highest BCUT2D eigenvalue weighted by atomic mass is 79.9. The van der Waals surface area contributed by atoms with E-state index in [0.717, 1.165) is 32.9 Å². The second kappa shape index (κ2) is 8.59. The van der Waals surface area contributed by atoms with Crippen molar-refractivity contribution < 1.29 is 27.4 Å². The van der Waals surface area contributed by atoms with Gasteiger partial charge < -0.3 is 9.47 Å². The SMILES string of the molecule is COC(=O)c1sc(-n2cnc3cc(Br)ccc32)cc1O[C@H](C)c1ccccc1C(F)(F)F. The molecule has 2 aromatic carbocycles. The molecule has 0 spiro atoms. The number of imidazole rings is 1. The molecule has 2 heterocycles. The molecule has 4 aromatic rings. The molecule has 0 aliphatic carbocycles. The Kier molecular flexibility index (Phi) is 6.00. The van der Waals surface area contributed by atoms with Gasteiger partial charge in [0.15, 0.2) is 4.88 Å². The highest BCUT2D eigenvalue weighted by Gasteiger charge is 2.35. The third-order valence-electron chi connectivity index (χ3n) is 4.81. The number of carbonyl (C=O) groups excluding carboxylic acids is 1. The van der Waals surface area contributed by atoms with E-state index in [4.69, 9.17) is 9.47 Å². The largest absolute Gasteiger partial charge is 0.484 e. The van der Waals surface area contributed by atoms with Crippen LogP contribution in [0, 0.1) is 0 Å². The summed E-state index contributed by atoms with van der Waals surface area (Å²) < 4.78 is 53.7. The first-order valence-corrected chi connectivity index (χ1v) is 11.0. The van der Waals surface area contributed by atoms with Crippen molar-refractivity contribution in [3.05, 3.63) is 75.3 Å². The number of alkyl halides is 3. The normalized spacial score (nSPS) is 12.7. The standard InChI is InChI=1S/C22H16BrF3N2O3S/c1-12(14-5-3-4-6-15(14)22(24,25)26)31-18-10-19(32-20(18)21(29)30-2)28-11-27-16-9-13(23)7-8-17(16)28/h3-12H,1-2H3/t12-/m1/s1. The summed E-state index contributed by atoms with van der Waals surface area (Å²) in [4.78, 5) is 16.9. The Hall–Kier alpha value is -2.85. The molecule has 0 bridgehead atoms. The molecule has 4 rings (SSSR count). The maximum absolute atomic E-state index is 13.4. The zero-order valence-electron chi connectivity index (χ0n) is 16.8. The van der Waals surface area contributed by atoms with Crippen molar-refractivity contribution in [3.63, 3.8) is 0 Å². The first kappa shape index (κ1) is 22.3. The Balaban J connectivity index is 1.75. The molecule has 0 unspecified atom stereocenters. The van der Waals surface area contributed by atoms with Gasteiger partial charge in [-0.1, -0.05) is 34.1 Å². The Morgan fingerprint density at radius 3 is 2.66 bits per heavy atom. The molecule has 166 valence electrons. The molecule has 10 heteroatoms. The van der Waals surface area contributed by atoms with Crippen molar-refractivity contribution in [2.45, 2.75) is 19.2 Å². The number of aromatic nitrogens is 2. The van der Waals surface area contributed by atoms with E-state index in [1.54, 1.807) is 17.0 Å². The fourth-order valence-electron chi connectivity index (χ4n) is 3.33. The number of rotatable bonds is 5. The predicted molar refractivity (Wildman–Crippen MR) is 118 cm³/mol. The summed E-state index contributed by atoms with van der Waals surface area (Å²) in [6.07, 6.45) is -3.88. The van der Waals surface area contributed by atoms with E-state index in [-0.39, 0.29) is 16.2 Å². The topological polar surface area (TPSA) is 53.4 Å². The maximum atomic E-state index is 13.4. The van der Waals surface area contributed by atoms with E-state index in [2.05, 4.69) is 20.9 Å². The number of thiophene rings is 1. The van der Waals surface area contributed by atoms with Gasteiger partial charge in [-0.3, -0.25) is 4.57 Å². The van der Waals surface area contributed by atoms with Gasteiger partial charge in [0.2, 0.25) is 0 Å². The van der Waals surface area contributed by atoms with Crippen molar-refractivity contribution >= 4 is 44.3 Å². The summed E-state index contributed by atoms with van der Waals surface area (Å²) in [6, 6.07) is 12.4. The van der Waals surface area contributed by atoms with Crippen molar-refractivity contribution in [2.24, 2.45) is 0 Å². The van der Waals surface area contributed by atoms with E-state index in [0.29, 0.717) is 5.00 Å². The van der Waals surface area contributed by atoms with Crippen LogP contribution < -0.4 is 4.74 Å².